The summed E-state index contributed by atoms with van der Waals surface area (Å²) in [5, 5.41) is 0.345. The van der Waals surface area contributed by atoms with Gasteiger partial charge >= 0.3 is 12.3 Å². The molecule has 8 heteroatoms. The standard InChI is InChI=1S/C14H11ClF3NO3/c1-3-21-13(20)10-6-9(15)8-4-7(2)5-11(12(8)19-10)22-14(16,17)18/h4-6H,3H2,1-2H3. The van der Waals surface area contributed by atoms with Crippen molar-refractivity contribution in [2.75, 3.05) is 6.61 Å². The first-order valence-electron chi connectivity index (χ1n) is 6.25. The van der Waals surface area contributed by atoms with E-state index in [-0.39, 0.29) is 28.2 Å². The summed E-state index contributed by atoms with van der Waals surface area (Å²) in [5.74, 6) is -1.29. The second kappa shape index (κ2) is 6.00. The van der Waals surface area contributed by atoms with Gasteiger partial charge in [0.1, 0.15) is 5.52 Å². The number of benzene rings is 1. The van der Waals surface area contributed by atoms with Crippen molar-refractivity contribution in [3.8, 4) is 5.75 Å². The van der Waals surface area contributed by atoms with Crippen molar-refractivity contribution in [1.29, 1.82) is 0 Å². The van der Waals surface area contributed by atoms with Crippen LogP contribution in [0.15, 0.2) is 18.2 Å². The number of rotatable bonds is 3. The van der Waals surface area contributed by atoms with Crippen molar-refractivity contribution in [2.45, 2.75) is 20.2 Å². The zero-order valence-electron chi connectivity index (χ0n) is 11.6. The van der Waals surface area contributed by atoms with Crippen LogP contribution in [0.3, 0.4) is 0 Å². The maximum absolute atomic E-state index is 12.5. The molecule has 22 heavy (non-hydrogen) atoms. The third kappa shape index (κ3) is 3.59. The fourth-order valence-corrected chi connectivity index (χ4v) is 2.15. The summed E-state index contributed by atoms with van der Waals surface area (Å²) in [6.45, 7) is 3.30. The number of nitrogens with zero attached hydrogens (tertiary/aromatic N) is 1. The molecular weight excluding hydrogens is 323 g/mol. The highest BCUT2D eigenvalue weighted by molar-refractivity contribution is 6.35. The fourth-order valence-electron chi connectivity index (χ4n) is 1.91. The first kappa shape index (κ1) is 16.4. The van der Waals surface area contributed by atoms with Crippen LogP contribution in [0.4, 0.5) is 13.2 Å². The van der Waals surface area contributed by atoms with Crippen molar-refractivity contribution >= 4 is 28.5 Å². The molecule has 2 rings (SSSR count). The number of carbonyl (C=O) groups excluding carboxylic acids is 1. The summed E-state index contributed by atoms with van der Waals surface area (Å²) in [7, 11) is 0. The van der Waals surface area contributed by atoms with Crippen LogP contribution in [0.5, 0.6) is 5.75 Å². The second-order valence-electron chi connectivity index (χ2n) is 4.42. The lowest BCUT2D eigenvalue weighted by atomic mass is 10.1. The lowest BCUT2D eigenvalue weighted by Crippen LogP contribution is -2.18. The maximum Gasteiger partial charge on any atom is 0.573 e. The Morgan fingerprint density at radius 1 is 1.32 bits per heavy atom. The third-order valence-electron chi connectivity index (χ3n) is 2.68. The molecule has 118 valence electrons. The third-order valence-corrected chi connectivity index (χ3v) is 3.00. The summed E-state index contributed by atoms with van der Waals surface area (Å²) in [4.78, 5) is 15.6. The molecule has 0 spiro atoms. The van der Waals surface area contributed by atoms with Gasteiger partial charge in [0.05, 0.1) is 11.6 Å². The molecule has 1 aromatic carbocycles. The first-order valence-corrected chi connectivity index (χ1v) is 6.63. The molecule has 0 N–H and O–H groups in total. The molecule has 0 atom stereocenters. The van der Waals surface area contributed by atoms with E-state index in [1.807, 2.05) is 0 Å². The number of halogens is 4. The van der Waals surface area contributed by atoms with Crippen LogP contribution in [0, 0.1) is 6.92 Å². The molecule has 0 fully saturated rings. The monoisotopic (exact) mass is 333 g/mol. The van der Waals surface area contributed by atoms with Gasteiger partial charge < -0.3 is 9.47 Å². The maximum atomic E-state index is 12.5. The molecule has 2 aromatic rings. The minimum Gasteiger partial charge on any atom is -0.461 e. The SMILES string of the molecule is CCOC(=O)c1cc(Cl)c2cc(C)cc(OC(F)(F)F)c2n1. The van der Waals surface area contributed by atoms with Crippen molar-refractivity contribution in [3.63, 3.8) is 0 Å². The number of aromatic nitrogens is 1. The highest BCUT2D eigenvalue weighted by Crippen LogP contribution is 2.34. The van der Waals surface area contributed by atoms with E-state index in [2.05, 4.69) is 9.72 Å². The van der Waals surface area contributed by atoms with Gasteiger partial charge in [-0.05, 0) is 37.6 Å². The van der Waals surface area contributed by atoms with E-state index < -0.39 is 18.1 Å². The highest BCUT2D eigenvalue weighted by atomic mass is 35.5. The molecule has 0 amide bonds. The van der Waals surface area contributed by atoms with Crippen LogP contribution in [0.2, 0.25) is 5.02 Å². The number of alkyl halides is 3. The number of carbonyl (C=O) groups is 1. The Bertz CT molecular complexity index is 731. The molecule has 1 aromatic heterocycles. The molecule has 4 nitrogen and oxygen atoms in total. The van der Waals surface area contributed by atoms with Crippen LogP contribution in [-0.4, -0.2) is 23.9 Å². The molecule has 1 heterocycles. The van der Waals surface area contributed by atoms with Crippen molar-refractivity contribution in [2.24, 2.45) is 0 Å². The molecule has 0 saturated heterocycles. The van der Waals surface area contributed by atoms with Crippen molar-refractivity contribution in [1.82, 2.24) is 4.98 Å². The molecule has 0 radical (unpaired) electrons. The number of aryl methyl sites for hydroxylation is 1. The molecule has 0 aliphatic carbocycles. The zero-order chi connectivity index (χ0) is 16.5. The number of pyridine rings is 1. The minimum absolute atomic E-state index is 0.0868. The molecule has 0 unspecified atom stereocenters. The van der Waals surface area contributed by atoms with E-state index in [1.54, 1.807) is 19.9 Å². The number of hydrogen-bond donors (Lipinski definition) is 0. The molecule has 0 bridgehead atoms. The Morgan fingerprint density at radius 3 is 2.59 bits per heavy atom. The average Bonchev–Trinajstić information content (AvgIpc) is 2.38. The van der Waals surface area contributed by atoms with Crippen LogP contribution >= 0.6 is 11.6 Å². The summed E-state index contributed by atoms with van der Waals surface area (Å²) in [5.41, 5.74) is 0.174. The van der Waals surface area contributed by atoms with Gasteiger partial charge in [0.2, 0.25) is 0 Å². The lowest BCUT2D eigenvalue weighted by molar-refractivity contribution is -0.274. The zero-order valence-corrected chi connectivity index (χ0v) is 12.4. The second-order valence-corrected chi connectivity index (χ2v) is 4.82. The van der Waals surface area contributed by atoms with E-state index in [1.165, 1.54) is 12.1 Å². The minimum atomic E-state index is -4.88. The van der Waals surface area contributed by atoms with Crippen LogP contribution in [0.25, 0.3) is 10.9 Å². The smallest absolute Gasteiger partial charge is 0.461 e. The average molecular weight is 334 g/mol. The number of fused-ring (bicyclic) bond motifs is 1. The van der Waals surface area contributed by atoms with Gasteiger partial charge in [-0.15, -0.1) is 13.2 Å². The summed E-state index contributed by atoms with van der Waals surface area (Å²) in [6, 6.07) is 3.98. The largest absolute Gasteiger partial charge is 0.573 e. The Balaban J connectivity index is 2.66. The molecule has 0 aliphatic heterocycles. The fraction of sp³-hybridized carbons (Fsp3) is 0.286. The molecule has 0 saturated carbocycles. The van der Waals surface area contributed by atoms with E-state index in [0.29, 0.717) is 5.56 Å². The summed E-state index contributed by atoms with van der Waals surface area (Å²) < 4.78 is 46.3. The van der Waals surface area contributed by atoms with Gasteiger partial charge in [-0.1, -0.05) is 11.6 Å². The Labute approximate surface area is 128 Å². The van der Waals surface area contributed by atoms with Crippen LogP contribution in [0.1, 0.15) is 23.0 Å². The van der Waals surface area contributed by atoms with E-state index in [9.17, 15) is 18.0 Å². The van der Waals surface area contributed by atoms with Gasteiger partial charge in [0.25, 0.3) is 0 Å². The number of hydrogen-bond acceptors (Lipinski definition) is 4. The normalized spacial score (nSPS) is 11.5. The Hall–Kier alpha value is -2.02. The topological polar surface area (TPSA) is 48.4 Å². The lowest BCUT2D eigenvalue weighted by Gasteiger charge is -2.13. The summed E-state index contributed by atoms with van der Waals surface area (Å²) in [6.07, 6.45) is -4.88. The Kier molecular flexibility index (Phi) is 4.46. The van der Waals surface area contributed by atoms with Gasteiger partial charge in [0, 0.05) is 5.39 Å². The highest BCUT2D eigenvalue weighted by Gasteiger charge is 2.32. The molecule has 0 aliphatic rings. The predicted octanol–water partition coefficient (Wildman–Crippen LogP) is 4.27. The van der Waals surface area contributed by atoms with E-state index >= 15 is 0 Å². The van der Waals surface area contributed by atoms with Crippen molar-refractivity contribution in [3.05, 3.63) is 34.5 Å². The summed E-state index contributed by atoms with van der Waals surface area (Å²) >= 11 is 6.04. The molecular formula is C14H11ClF3NO3. The van der Waals surface area contributed by atoms with Crippen LogP contribution < -0.4 is 4.74 Å². The van der Waals surface area contributed by atoms with Crippen LogP contribution in [-0.2, 0) is 4.74 Å². The Morgan fingerprint density at radius 2 is 2.00 bits per heavy atom. The van der Waals surface area contributed by atoms with Gasteiger partial charge in [0.15, 0.2) is 11.4 Å². The van der Waals surface area contributed by atoms with E-state index in [4.69, 9.17) is 16.3 Å². The van der Waals surface area contributed by atoms with Gasteiger partial charge in [-0.2, -0.15) is 0 Å². The van der Waals surface area contributed by atoms with Gasteiger partial charge in [-0.25, -0.2) is 9.78 Å². The quantitative estimate of drug-likeness (QED) is 0.787. The van der Waals surface area contributed by atoms with Crippen molar-refractivity contribution < 1.29 is 27.4 Å². The number of ether oxygens (including phenoxy) is 2. The first-order chi connectivity index (χ1) is 10.2. The van der Waals surface area contributed by atoms with E-state index in [0.717, 1.165) is 0 Å². The predicted molar refractivity (Wildman–Crippen MR) is 74.1 cm³/mol. The number of esters is 1. The van der Waals surface area contributed by atoms with Gasteiger partial charge in [-0.3, -0.25) is 0 Å².